The number of amides is 1. The second-order valence-electron chi connectivity index (χ2n) is 4.46. The lowest BCUT2D eigenvalue weighted by Crippen LogP contribution is -2.44. The minimum Gasteiger partial charge on any atom is -0.334 e. The molecular formula is C13H14BrClFNO. The first-order valence-electron chi connectivity index (χ1n) is 5.95. The predicted molar refractivity (Wildman–Crippen MR) is 73.5 cm³/mol. The Morgan fingerprint density at radius 3 is 2.89 bits per heavy atom. The summed E-state index contributed by atoms with van der Waals surface area (Å²) in [7, 11) is 0. The van der Waals surface area contributed by atoms with Crippen LogP contribution in [0.15, 0.2) is 22.7 Å². The van der Waals surface area contributed by atoms with Crippen LogP contribution in [0.2, 0.25) is 0 Å². The number of rotatable bonds is 2. The van der Waals surface area contributed by atoms with Crippen LogP contribution in [0.1, 0.15) is 29.6 Å². The Hall–Kier alpha value is -0.610. The Labute approximate surface area is 119 Å². The molecule has 18 heavy (non-hydrogen) atoms. The Kier molecular flexibility index (Phi) is 4.62. The van der Waals surface area contributed by atoms with Crippen molar-refractivity contribution in [2.45, 2.75) is 25.3 Å². The number of piperidine rings is 1. The first kappa shape index (κ1) is 13.8. The molecule has 1 aromatic rings. The Morgan fingerprint density at radius 1 is 1.44 bits per heavy atom. The molecule has 1 heterocycles. The molecule has 1 unspecified atom stereocenters. The van der Waals surface area contributed by atoms with Crippen LogP contribution in [0.3, 0.4) is 0 Å². The van der Waals surface area contributed by atoms with Gasteiger partial charge in [0.05, 0.1) is 0 Å². The predicted octanol–water partition coefficient (Wildman–Crippen LogP) is 3.82. The van der Waals surface area contributed by atoms with E-state index in [2.05, 4.69) is 15.9 Å². The van der Waals surface area contributed by atoms with E-state index >= 15 is 0 Å². The number of nitrogens with zero attached hydrogens (tertiary/aromatic N) is 1. The minimum atomic E-state index is -0.410. The number of benzene rings is 1. The lowest BCUT2D eigenvalue weighted by molar-refractivity contribution is 0.0638. The van der Waals surface area contributed by atoms with Gasteiger partial charge in [-0.3, -0.25) is 4.79 Å². The fourth-order valence-electron chi connectivity index (χ4n) is 2.27. The number of carbonyl (C=O) groups is 1. The number of alkyl halides is 1. The van der Waals surface area contributed by atoms with Crippen molar-refractivity contribution >= 4 is 33.4 Å². The molecule has 5 heteroatoms. The van der Waals surface area contributed by atoms with Gasteiger partial charge < -0.3 is 4.90 Å². The van der Waals surface area contributed by atoms with Gasteiger partial charge in [-0.05, 0) is 37.5 Å². The summed E-state index contributed by atoms with van der Waals surface area (Å²) in [5, 5.41) is 0. The standard InChI is InChI=1S/C13H14BrClFNO/c14-10-5-9(6-11(16)7-10)13(18)17-4-2-1-3-12(17)8-15/h5-7,12H,1-4,8H2. The summed E-state index contributed by atoms with van der Waals surface area (Å²) in [6.45, 7) is 0.699. The van der Waals surface area contributed by atoms with Gasteiger partial charge in [-0.1, -0.05) is 15.9 Å². The van der Waals surface area contributed by atoms with Crippen molar-refractivity contribution in [2.24, 2.45) is 0 Å². The molecular weight excluding hydrogens is 321 g/mol. The highest BCUT2D eigenvalue weighted by Gasteiger charge is 2.27. The topological polar surface area (TPSA) is 20.3 Å². The lowest BCUT2D eigenvalue weighted by atomic mass is 10.0. The number of likely N-dealkylation sites (tertiary alicyclic amines) is 1. The molecule has 1 aliphatic rings. The van der Waals surface area contributed by atoms with Gasteiger partial charge in [0.15, 0.2) is 0 Å². The molecule has 1 atom stereocenters. The molecule has 98 valence electrons. The van der Waals surface area contributed by atoms with Crippen LogP contribution < -0.4 is 0 Å². The monoisotopic (exact) mass is 333 g/mol. The molecule has 1 fully saturated rings. The highest BCUT2D eigenvalue weighted by atomic mass is 79.9. The molecule has 1 aromatic carbocycles. The van der Waals surface area contributed by atoms with E-state index in [0.717, 1.165) is 19.3 Å². The lowest BCUT2D eigenvalue weighted by Gasteiger charge is -2.34. The van der Waals surface area contributed by atoms with E-state index in [1.165, 1.54) is 12.1 Å². The van der Waals surface area contributed by atoms with Crippen LogP contribution in [0, 0.1) is 5.82 Å². The third kappa shape index (κ3) is 3.04. The number of halogens is 3. The summed E-state index contributed by atoms with van der Waals surface area (Å²) in [4.78, 5) is 14.1. The SMILES string of the molecule is O=C(c1cc(F)cc(Br)c1)N1CCCCC1CCl. The maximum atomic E-state index is 13.3. The summed E-state index contributed by atoms with van der Waals surface area (Å²) < 4.78 is 13.9. The average molecular weight is 335 g/mol. The second kappa shape index (κ2) is 6.02. The van der Waals surface area contributed by atoms with Crippen molar-refractivity contribution in [1.82, 2.24) is 4.90 Å². The zero-order valence-corrected chi connectivity index (χ0v) is 12.2. The first-order valence-corrected chi connectivity index (χ1v) is 7.27. The molecule has 1 aliphatic heterocycles. The van der Waals surface area contributed by atoms with Crippen LogP contribution in [0.25, 0.3) is 0 Å². The van der Waals surface area contributed by atoms with Crippen molar-refractivity contribution in [3.8, 4) is 0 Å². The van der Waals surface area contributed by atoms with Gasteiger partial charge in [-0.2, -0.15) is 0 Å². The highest BCUT2D eigenvalue weighted by Crippen LogP contribution is 2.22. The zero-order chi connectivity index (χ0) is 13.1. The summed E-state index contributed by atoms with van der Waals surface area (Å²) in [6, 6.07) is 4.32. The van der Waals surface area contributed by atoms with Gasteiger partial charge in [0, 0.05) is 28.5 Å². The number of hydrogen-bond acceptors (Lipinski definition) is 1. The molecule has 0 saturated carbocycles. The second-order valence-corrected chi connectivity index (χ2v) is 5.68. The highest BCUT2D eigenvalue weighted by molar-refractivity contribution is 9.10. The van der Waals surface area contributed by atoms with Gasteiger partial charge in [0.25, 0.3) is 5.91 Å². The van der Waals surface area contributed by atoms with Crippen LogP contribution in [-0.4, -0.2) is 29.3 Å². The van der Waals surface area contributed by atoms with E-state index in [9.17, 15) is 9.18 Å². The molecule has 2 rings (SSSR count). The quantitative estimate of drug-likeness (QED) is 0.753. The van der Waals surface area contributed by atoms with E-state index < -0.39 is 5.82 Å². The average Bonchev–Trinajstić information content (AvgIpc) is 2.36. The van der Waals surface area contributed by atoms with E-state index in [1.807, 2.05) is 0 Å². The molecule has 0 radical (unpaired) electrons. The number of hydrogen-bond donors (Lipinski definition) is 0. The Balaban J connectivity index is 2.23. The van der Waals surface area contributed by atoms with Crippen molar-refractivity contribution < 1.29 is 9.18 Å². The maximum absolute atomic E-state index is 13.3. The van der Waals surface area contributed by atoms with Crippen LogP contribution in [0.4, 0.5) is 4.39 Å². The van der Waals surface area contributed by atoms with Crippen molar-refractivity contribution in [1.29, 1.82) is 0 Å². The maximum Gasteiger partial charge on any atom is 0.254 e. The summed E-state index contributed by atoms with van der Waals surface area (Å²) in [5.74, 6) is -0.116. The third-order valence-electron chi connectivity index (χ3n) is 3.18. The summed E-state index contributed by atoms with van der Waals surface area (Å²) in [5.41, 5.74) is 0.374. The van der Waals surface area contributed by atoms with Gasteiger partial charge in [0.2, 0.25) is 0 Å². The van der Waals surface area contributed by atoms with E-state index in [0.29, 0.717) is 22.5 Å². The third-order valence-corrected chi connectivity index (χ3v) is 3.99. The van der Waals surface area contributed by atoms with Crippen molar-refractivity contribution in [3.63, 3.8) is 0 Å². The Morgan fingerprint density at radius 2 is 2.22 bits per heavy atom. The molecule has 0 N–H and O–H groups in total. The normalized spacial score (nSPS) is 19.9. The molecule has 1 saturated heterocycles. The van der Waals surface area contributed by atoms with Crippen LogP contribution in [-0.2, 0) is 0 Å². The smallest absolute Gasteiger partial charge is 0.254 e. The summed E-state index contributed by atoms with van der Waals surface area (Å²) >= 11 is 9.09. The molecule has 2 nitrogen and oxygen atoms in total. The summed E-state index contributed by atoms with van der Waals surface area (Å²) in [6.07, 6.45) is 3.00. The molecule has 0 bridgehead atoms. The van der Waals surface area contributed by atoms with Gasteiger partial charge in [-0.25, -0.2) is 4.39 Å². The van der Waals surface area contributed by atoms with Crippen LogP contribution in [0.5, 0.6) is 0 Å². The fraction of sp³-hybridized carbons (Fsp3) is 0.462. The van der Waals surface area contributed by atoms with Crippen LogP contribution >= 0.6 is 27.5 Å². The van der Waals surface area contributed by atoms with E-state index in [4.69, 9.17) is 11.6 Å². The molecule has 0 aromatic heterocycles. The molecule has 0 aliphatic carbocycles. The largest absolute Gasteiger partial charge is 0.334 e. The minimum absolute atomic E-state index is 0.0648. The van der Waals surface area contributed by atoms with Gasteiger partial charge in [-0.15, -0.1) is 11.6 Å². The van der Waals surface area contributed by atoms with Crippen molar-refractivity contribution in [2.75, 3.05) is 12.4 Å². The number of carbonyl (C=O) groups excluding carboxylic acids is 1. The molecule has 0 spiro atoms. The zero-order valence-electron chi connectivity index (χ0n) is 9.83. The fourth-order valence-corrected chi connectivity index (χ4v) is 3.06. The van der Waals surface area contributed by atoms with Crippen molar-refractivity contribution in [3.05, 3.63) is 34.1 Å². The van der Waals surface area contributed by atoms with E-state index in [1.54, 1.807) is 11.0 Å². The van der Waals surface area contributed by atoms with Gasteiger partial charge >= 0.3 is 0 Å². The van der Waals surface area contributed by atoms with E-state index in [-0.39, 0.29) is 11.9 Å². The Bertz CT molecular complexity index is 434. The first-order chi connectivity index (χ1) is 8.61. The van der Waals surface area contributed by atoms with Gasteiger partial charge in [0.1, 0.15) is 5.82 Å². The molecule has 1 amide bonds.